The van der Waals surface area contributed by atoms with Crippen molar-refractivity contribution >= 4 is 11.9 Å². The first-order valence-electron chi connectivity index (χ1n) is 18.2. The van der Waals surface area contributed by atoms with Gasteiger partial charge in [0.05, 0.1) is 5.41 Å². The molecule has 4 heteroatoms. The lowest BCUT2D eigenvalue weighted by molar-refractivity contribution is -0.134. The summed E-state index contributed by atoms with van der Waals surface area (Å²) in [6.45, 7) is 17.2. The van der Waals surface area contributed by atoms with Gasteiger partial charge in [0.2, 0.25) is 0 Å². The van der Waals surface area contributed by atoms with E-state index in [0.29, 0.717) is 17.9 Å². The lowest BCUT2D eigenvalue weighted by Crippen LogP contribution is -2.30. The standard InChI is InChI=1S/C45H54O4/c1-9-11-12-13-14-15-16-42(47)49-37-25-19-33(20-26-37)45(32-17-23-36(24-18-32)48-31(3)46)40-29-34(43(4,5)6)21-27-38(40)39-28-22-35(30-41(39)45)44(7,8)10-2/h17-30H,9-16H2,1-8H3. The van der Waals surface area contributed by atoms with Gasteiger partial charge in [0, 0.05) is 13.3 Å². The smallest absolute Gasteiger partial charge is 0.311 e. The van der Waals surface area contributed by atoms with E-state index in [-0.39, 0.29) is 22.8 Å². The lowest BCUT2D eigenvalue weighted by atomic mass is 9.66. The van der Waals surface area contributed by atoms with Crippen LogP contribution in [0.3, 0.4) is 0 Å². The molecule has 4 nitrogen and oxygen atoms in total. The van der Waals surface area contributed by atoms with Gasteiger partial charge in [-0.1, -0.05) is 141 Å². The van der Waals surface area contributed by atoms with Crippen molar-refractivity contribution < 1.29 is 19.1 Å². The van der Waals surface area contributed by atoms with E-state index in [9.17, 15) is 9.59 Å². The highest BCUT2D eigenvalue weighted by atomic mass is 16.5. The molecule has 0 spiro atoms. The summed E-state index contributed by atoms with van der Waals surface area (Å²) in [6.07, 6.45) is 8.20. The summed E-state index contributed by atoms with van der Waals surface area (Å²) in [6, 6.07) is 30.0. The summed E-state index contributed by atoms with van der Waals surface area (Å²) in [4.78, 5) is 24.6. The molecular weight excluding hydrogens is 604 g/mol. The fraction of sp³-hybridized carbons (Fsp3) is 0.422. The molecular formula is C45H54O4. The average Bonchev–Trinajstić information content (AvgIpc) is 3.36. The Hall–Kier alpha value is -4.18. The van der Waals surface area contributed by atoms with Crippen LogP contribution >= 0.6 is 0 Å². The van der Waals surface area contributed by atoms with Crippen molar-refractivity contribution in [1.29, 1.82) is 0 Å². The SMILES string of the molecule is CCCCCCCCC(=O)Oc1ccc(C2(c3ccc(OC(C)=O)cc3)c3cc(C(C)(C)C)ccc3-c3ccc(C(C)(C)CC)cc32)cc1. The van der Waals surface area contributed by atoms with Crippen molar-refractivity contribution in [2.24, 2.45) is 0 Å². The number of rotatable bonds is 13. The Bertz CT molecular complexity index is 1770. The zero-order chi connectivity index (χ0) is 35.4. The highest BCUT2D eigenvalue weighted by Gasteiger charge is 2.47. The third-order valence-corrected chi connectivity index (χ3v) is 10.5. The number of esters is 2. The van der Waals surface area contributed by atoms with E-state index >= 15 is 0 Å². The first-order valence-corrected chi connectivity index (χ1v) is 18.2. The minimum atomic E-state index is -0.665. The number of carbonyl (C=O) groups excluding carboxylic acids is 2. The zero-order valence-corrected chi connectivity index (χ0v) is 30.9. The molecule has 49 heavy (non-hydrogen) atoms. The number of carbonyl (C=O) groups is 2. The van der Waals surface area contributed by atoms with Crippen molar-refractivity contribution in [3.63, 3.8) is 0 Å². The van der Waals surface area contributed by atoms with E-state index in [1.807, 2.05) is 24.3 Å². The number of ether oxygens (including phenoxy) is 2. The molecule has 1 aliphatic carbocycles. The largest absolute Gasteiger partial charge is 0.427 e. The van der Waals surface area contributed by atoms with Gasteiger partial charge in [-0.25, -0.2) is 0 Å². The van der Waals surface area contributed by atoms with Crippen LogP contribution in [-0.4, -0.2) is 11.9 Å². The van der Waals surface area contributed by atoms with Gasteiger partial charge in [-0.05, 0) is 92.4 Å². The maximum atomic E-state index is 12.8. The first-order chi connectivity index (χ1) is 23.3. The Morgan fingerprint density at radius 3 is 1.61 bits per heavy atom. The molecule has 0 heterocycles. The van der Waals surface area contributed by atoms with Crippen LogP contribution in [0.4, 0.5) is 0 Å². The Balaban J connectivity index is 1.65. The molecule has 0 radical (unpaired) electrons. The molecule has 1 unspecified atom stereocenters. The van der Waals surface area contributed by atoms with Crippen LogP contribution in [0.1, 0.15) is 140 Å². The zero-order valence-electron chi connectivity index (χ0n) is 30.9. The van der Waals surface area contributed by atoms with Crippen molar-refractivity contribution in [2.45, 2.75) is 123 Å². The molecule has 0 N–H and O–H groups in total. The van der Waals surface area contributed by atoms with Crippen molar-refractivity contribution in [3.05, 3.63) is 118 Å². The number of unbranched alkanes of at least 4 members (excludes halogenated alkanes) is 5. The van der Waals surface area contributed by atoms with E-state index in [1.165, 1.54) is 59.6 Å². The van der Waals surface area contributed by atoms with E-state index in [4.69, 9.17) is 9.47 Å². The van der Waals surface area contributed by atoms with Gasteiger partial charge in [0.1, 0.15) is 11.5 Å². The van der Waals surface area contributed by atoms with Crippen LogP contribution in [0.5, 0.6) is 11.5 Å². The normalized spacial score (nSPS) is 15.4. The highest BCUT2D eigenvalue weighted by Crippen LogP contribution is 2.57. The molecule has 258 valence electrons. The summed E-state index contributed by atoms with van der Waals surface area (Å²) < 4.78 is 11.3. The minimum Gasteiger partial charge on any atom is -0.427 e. The summed E-state index contributed by atoms with van der Waals surface area (Å²) in [7, 11) is 0. The van der Waals surface area contributed by atoms with E-state index in [2.05, 4.69) is 109 Å². The molecule has 4 aromatic rings. The van der Waals surface area contributed by atoms with Gasteiger partial charge in [0.25, 0.3) is 0 Å². The molecule has 0 aliphatic heterocycles. The lowest BCUT2D eigenvalue weighted by Gasteiger charge is -2.36. The predicted octanol–water partition coefficient (Wildman–Crippen LogP) is 11.6. The molecule has 0 amide bonds. The topological polar surface area (TPSA) is 52.6 Å². The predicted molar refractivity (Wildman–Crippen MR) is 201 cm³/mol. The molecule has 0 aromatic heterocycles. The molecule has 0 bridgehead atoms. The molecule has 0 saturated carbocycles. The van der Waals surface area contributed by atoms with Crippen molar-refractivity contribution in [1.82, 2.24) is 0 Å². The average molecular weight is 659 g/mol. The summed E-state index contributed by atoms with van der Waals surface area (Å²) >= 11 is 0. The molecule has 5 rings (SSSR count). The Labute approximate surface area is 294 Å². The molecule has 1 aliphatic rings. The summed E-state index contributed by atoms with van der Waals surface area (Å²) in [5.74, 6) is 0.545. The monoisotopic (exact) mass is 658 g/mol. The maximum Gasteiger partial charge on any atom is 0.311 e. The van der Waals surface area contributed by atoms with E-state index < -0.39 is 5.41 Å². The van der Waals surface area contributed by atoms with Gasteiger partial charge in [-0.3, -0.25) is 9.59 Å². The van der Waals surface area contributed by atoms with E-state index in [0.717, 1.165) is 36.8 Å². The van der Waals surface area contributed by atoms with Gasteiger partial charge < -0.3 is 9.47 Å². The van der Waals surface area contributed by atoms with Crippen LogP contribution in [0.25, 0.3) is 11.1 Å². The molecule has 1 atom stereocenters. The fourth-order valence-electron chi connectivity index (χ4n) is 7.15. The number of fused-ring (bicyclic) bond motifs is 3. The Morgan fingerprint density at radius 2 is 1.10 bits per heavy atom. The second kappa shape index (κ2) is 14.7. The van der Waals surface area contributed by atoms with Crippen LogP contribution in [0, 0.1) is 0 Å². The third-order valence-electron chi connectivity index (χ3n) is 10.5. The van der Waals surface area contributed by atoms with Gasteiger partial charge in [-0.2, -0.15) is 0 Å². The van der Waals surface area contributed by atoms with E-state index in [1.54, 1.807) is 0 Å². The second-order valence-corrected chi connectivity index (χ2v) is 15.4. The second-order valence-electron chi connectivity index (χ2n) is 15.4. The summed E-state index contributed by atoms with van der Waals surface area (Å²) in [5, 5.41) is 0. The Kier molecular flexibility index (Phi) is 10.9. The third kappa shape index (κ3) is 7.54. The van der Waals surface area contributed by atoms with Gasteiger partial charge in [-0.15, -0.1) is 0 Å². The maximum absolute atomic E-state index is 12.8. The Morgan fingerprint density at radius 1 is 0.612 bits per heavy atom. The molecule has 0 fully saturated rings. The molecule has 0 saturated heterocycles. The van der Waals surface area contributed by atoms with Crippen LogP contribution < -0.4 is 9.47 Å². The van der Waals surface area contributed by atoms with Crippen LogP contribution in [0.2, 0.25) is 0 Å². The number of hydrogen-bond donors (Lipinski definition) is 0. The van der Waals surface area contributed by atoms with Gasteiger partial charge in [0.15, 0.2) is 0 Å². The molecule has 4 aromatic carbocycles. The van der Waals surface area contributed by atoms with Crippen LogP contribution in [0.15, 0.2) is 84.9 Å². The summed E-state index contributed by atoms with van der Waals surface area (Å²) in [5.41, 5.74) is 8.84. The minimum absolute atomic E-state index is 0.0145. The van der Waals surface area contributed by atoms with Gasteiger partial charge >= 0.3 is 11.9 Å². The quantitative estimate of drug-likeness (QED) is 0.0718. The van der Waals surface area contributed by atoms with Crippen molar-refractivity contribution in [3.8, 4) is 22.6 Å². The van der Waals surface area contributed by atoms with Crippen LogP contribution in [-0.2, 0) is 25.8 Å². The van der Waals surface area contributed by atoms with Crippen molar-refractivity contribution in [2.75, 3.05) is 0 Å². The first kappa shape index (κ1) is 36.1. The number of hydrogen-bond acceptors (Lipinski definition) is 4. The number of benzene rings is 4. The fourth-order valence-corrected chi connectivity index (χ4v) is 7.15. The highest BCUT2D eigenvalue weighted by molar-refractivity contribution is 5.87.